The molecular formula is C31H28N4O6S. The van der Waals surface area contributed by atoms with E-state index in [1.165, 1.54) is 31.9 Å². The van der Waals surface area contributed by atoms with Crippen molar-refractivity contribution in [1.82, 2.24) is 4.98 Å². The number of rotatable bonds is 7. The van der Waals surface area contributed by atoms with Gasteiger partial charge < -0.3 is 20.2 Å². The van der Waals surface area contributed by atoms with Crippen molar-refractivity contribution in [3.8, 4) is 11.8 Å². The number of carbonyl (C=O) groups excluding carboxylic acids is 3. The molecule has 1 atom stereocenters. The number of nitrogens with one attached hydrogen (secondary N) is 1. The van der Waals surface area contributed by atoms with Crippen molar-refractivity contribution >= 4 is 39.0 Å². The zero-order chi connectivity index (χ0) is 30.3. The monoisotopic (exact) mass is 584 g/mol. The number of hydrogen-bond donors (Lipinski definition) is 2. The molecule has 2 amide bonds. The molecule has 1 unspecified atom stereocenters. The second kappa shape index (κ2) is 13.0. The second-order valence-corrected chi connectivity index (χ2v) is 11.6. The number of methoxy groups -OCH3 is 1. The fourth-order valence-corrected chi connectivity index (χ4v) is 4.99. The second-order valence-electron chi connectivity index (χ2n) is 9.29. The molecular weight excluding hydrogens is 556 g/mol. The third kappa shape index (κ3) is 7.50. The smallest absolute Gasteiger partial charge is 0.305 e. The lowest BCUT2D eigenvalue weighted by molar-refractivity contribution is -0.140. The molecule has 0 fully saturated rings. The number of amides is 2. The van der Waals surface area contributed by atoms with Gasteiger partial charge in [0.15, 0.2) is 5.76 Å². The summed E-state index contributed by atoms with van der Waals surface area (Å²) in [4.78, 5) is 41.2. The molecule has 0 saturated carbocycles. The maximum atomic E-state index is 13.3. The van der Waals surface area contributed by atoms with E-state index >= 15 is 0 Å². The zero-order valence-electron chi connectivity index (χ0n) is 23.2. The van der Waals surface area contributed by atoms with Gasteiger partial charge in [0.1, 0.15) is 5.82 Å². The van der Waals surface area contributed by atoms with Gasteiger partial charge in [-0.25, -0.2) is 9.19 Å². The highest BCUT2D eigenvalue weighted by molar-refractivity contribution is 7.93. The van der Waals surface area contributed by atoms with Gasteiger partial charge in [-0.1, -0.05) is 30.0 Å². The maximum absolute atomic E-state index is 13.3. The molecule has 0 spiro atoms. The SMILES string of the molecule is COC(=O)CCc1ccc(S(C)(=O)=NC(=O)c2cnc(N)c(C#Cc3cccc(NC(=O)c4occc4C)c3)c2)cc1. The molecule has 10 nitrogen and oxygen atoms in total. The normalized spacial score (nSPS) is 11.9. The van der Waals surface area contributed by atoms with Crippen LogP contribution in [0.15, 0.2) is 86.8 Å². The van der Waals surface area contributed by atoms with Crippen LogP contribution in [0.25, 0.3) is 0 Å². The number of aryl methyl sites for hydroxylation is 2. The molecule has 2 heterocycles. The highest BCUT2D eigenvalue weighted by atomic mass is 32.2. The summed E-state index contributed by atoms with van der Waals surface area (Å²) < 4.78 is 27.1. The van der Waals surface area contributed by atoms with Gasteiger partial charge in [-0.2, -0.15) is 4.36 Å². The van der Waals surface area contributed by atoms with Gasteiger partial charge in [0.2, 0.25) is 0 Å². The Morgan fingerprint density at radius 1 is 1.10 bits per heavy atom. The molecule has 11 heteroatoms. The van der Waals surface area contributed by atoms with E-state index in [0.29, 0.717) is 22.6 Å². The van der Waals surface area contributed by atoms with Gasteiger partial charge in [0.05, 0.1) is 34.2 Å². The molecule has 4 rings (SSSR count). The van der Waals surface area contributed by atoms with E-state index < -0.39 is 15.6 Å². The topological polar surface area (TPSA) is 154 Å². The van der Waals surface area contributed by atoms with Crippen LogP contribution in [0.2, 0.25) is 0 Å². The zero-order valence-corrected chi connectivity index (χ0v) is 24.0. The summed E-state index contributed by atoms with van der Waals surface area (Å²) >= 11 is 0. The third-order valence-corrected chi connectivity index (χ3v) is 7.82. The Morgan fingerprint density at radius 3 is 2.55 bits per heavy atom. The average Bonchev–Trinajstić information content (AvgIpc) is 3.41. The number of benzene rings is 2. The number of anilines is 2. The molecule has 0 aliphatic rings. The first-order chi connectivity index (χ1) is 20.1. The fourth-order valence-electron chi connectivity index (χ4n) is 3.82. The number of esters is 1. The highest BCUT2D eigenvalue weighted by Crippen LogP contribution is 2.18. The average molecular weight is 585 g/mol. The van der Waals surface area contributed by atoms with Crippen LogP contribution < -0.4 is 11.1 Å². The molecule has 0 aliphatic carbocycles. The van der Waals surface area contributed by atoms with Crippen molar-refractivity contribution in [2.45, 2.75) is 24.7 Å². The van der Waals surface area contributed by atoms with E-state index in [2.05, 4.69) is 31.2 Å². The first-order valence-electron chi connectivity index (χ1n) is 12.7. The summed E-state index contributed by atoms with van der Waals surface area (Å²) in [5.41, 5.74) is 9.03. The Kier molecular flexibility index (Phi) is 9.19. The molecule has 42 heavy (non-hydrogen) atoms. The number of hydrogen-bond acceptors (Lipinski definition) is 8. The predicted octanol–water partition coefficient (Wildman–Crippen LogP) is 4.62. The molecule has 214 valence electrons. The number of nitrogens with zero attached hydrogens (tertiary/aromatic N) is 2. The van der Waals surface area contributed by atoms with E-state index in [0.717, 1.165) is 11.1 Å². The van der Waals surface area contributed by atoms with Crippen molar-refractivity contribution < 1.29 is 27.7 Å². The van der Waals surface area contributed by atoms with E-state index in [4.69, 9.17) is 10.2 Å². The van der Waals surface area contributed by atoms with E-state index in [1.54, 1.807) is 61.5 Å². The van der Waals surface area contributed by atoms with Crippen molar-refractivity contribution in [3.05, 3.63) is 107 Å². The van der Waals surface area contributed by atoms with Crippen molar-refractivity contribution in [3.63, 3.8) is 0 Å². The van der Waals surface area contributed by atoms with Crippen LogP contribution in [0.5, 0.6) is 0 Å². The molecule has 0 aliphatic heterocycles. The lowest BCUT2D eigenvalue weighted by Crippen LogP contribution is -2.12. The van der Waals surface area contributed by atoms with Crippen LogP contribution in [0.4, 0.5) is 11.5 Å². The van der Waals surface area contributed by atoms with Crippen molar-refractivity contribution in [1.29, 1.82) is 0 Å². The van der Waals surface area contributed by atoms with Gasteiger partial charge >= 0.3 is 5.97 Å². The van der Waals surface area contributed by atoms with Gasteiger partial charge in [-0.05, 0) is 61.4 Å². The van der Waals surface area contributed by atoms with Crippen LogP contribution in [-0.2, 0) is 25.7 Å². The Morgan fingerprint density at radius 2 is 1.86 bits per heavy atom. The largest absolute Gasteiger partial charge is 0.469 e. The van der Waals surface area contributed by atoms with Crippen LogP contribution in [-0.4, -0.2) is 40.3 Å². The van der Waals surface area contributed by atoms with E-state index in [1.807, 2.05) is 0 Å². The predicted molar refractivity (Wildman–Crippen MR) is 158 cm³/mol. The Bertz CT molecular complexity index is 1840. The van der Waals surface area contributed by atoms with Gasteiger partial charge in [0, 0.05) is 40.6 Å². The molecule has 2 aromatic heterocycles. The quantitative estimate of drug-likeness (QED) is 0.236. The first kappa shape index (κ1) is 29.8. The molecule has 2 aromatic carbocycles. The molecule has 0 saturated heterocycles. The minimum atomic E-state index is -3.07. The lowest BCUT2D eigenvalue weighted by Gasteiger charge is -2.07. The van der Waals surface area contributed by atoms with Gasteiger partial charge in [0.25, 0.3) is 11.8 Å². The van der Waals surface area contributed by atoms with E-state index in [-0.39, 0.29) is 41.0 Å². The van der Waals surface area contributed by atoms with Crippen molar-refractivity contribution in [2.75, 3.05) is 24.4 Å². The number of nitrogens with two attached hydrogens (primary N) is 1. The summed E-state index contributed by atoms with van der Waals surface area (Å²) in [6.07, 6.45) is 4.77. The summed E-state index contributed by atoms with van der Waals surface area (Å²) in [6, 6.07) is 16.7. The fraction of sp³-hybridized carbons (Fsp3) is 0.161. The summed E-state index contributed by atoms with van der Waals surface area (Å²) in [7, 11) is -1.75. The number of ether oxygens (including phenoxy) is 1. The Labute approximate surface area is 243 Å². The number of aromatic nitrogens is 1. The summed E-state index contributed by atoms with van der Waals surface area (Å²) in [5, 5.41) is 2.77. The number of carbonyl (C=O) groups is 3. The van der Waals surface area contributed by atoms with E-state index in [9.17, 15) is 18.6 Å². The van der Waals surface area contributed by atoms with Crippen LogP contribution in [0, 0.1) is 18.8 Å². The minimum absolute atomic E-state index is 0.0765. The van der Waals surface area contributed by atoms with Crippen LogP contribution in [0.3, 0.4) is 0 Å². The maximum Gasteiger partial charge on any atom is 0.305 e. The third-order valence-electron chi connectivity index (χ3n) is 6.16. The standard InChI is InChI=1S/C31H28N4O6S/c1-20-15-16-41-28(20)31(38)34-25-6-4-5-22(17-25)7-11-23-18-24(19-33-29(23)32)30(37)35-42(3,39)26-12-8-21(9-13-26)10-14-27(36)40-2/h4-6,8-9,12-13,15-19H,10,14H2,1-3H3,(H2,32,33)(H,34,38). The van der Waals surface area contributed by atoms with Gasteiger partial charge in [-0.15, -0.1) is 0 Å². The van der Waals surface area contributed by atoms with Gasteiger partial charge in [-0.3, -0.25) is 14.4 Å². The number of pyridine rings is 1. The summed E-state index contributed by atoms with van der Waals surface area (Å²) in [6.45, 7) is 1.78. The Balaban J connectivity index is 1.50. The lowest BCUT2D eigenvalue weighted by atomic mass is 10.1. The number of nitrogen functional groups attached to an aromatic ring is 1. The van der Waals surface area contributed by atoms with Crippen LogP contribution in [0.1, 0.15) is 49.6 Å². The highest BCUT2D eigenvalue weighted by Gasteiger charge is 2.15. The number of furan rings is 1. The molecule has 0 radical (unpaired) electrons. The van der Waals surface area contributed by atoms with Crippen LogP contribution >= 0.6 is 0 Å². The van der Waals surface area contributed by atoms with Crippen molar-refractivity contribution in [2.24, 2.45) is 4.36 Å². The molecule has 0 bridgehead atoms. The molecule has 3 N–H and O–H groups in total. The Hall–Kier alpha value is -5.21. The summed E-state index contributed by atoms with van der Waals surface area (Å²) in [5.74, 6) is 4.75. The molecule has 4 aromatic rings. The minimum Gasteiger partial charge on any atom is -0.469 e. The first-order valence-corrected chi connectivity index (χ1v) is 14.6.